The van der Waals surface area contributed by atoms with Gasteiger partial charge in [-0.3, -0.25) is 4.68 Å². The third-order valence-corrected chi connectivity index (χ3v) is 4.22. The molecular formula is C14H27N3S. The first-order valence-corrected chi connectivity index (χ1v) is 8.07. The molecule has 104 valence electrons. The van der Waals surface area contributed by atoms with Gasteiger partial charge in [0.1, 0.15) is 0 Å². The zero-order chi connectivity index (χ0) is 13.4. The number of thioether (sulfide) groups is 1. The molecule has 0 bridgehead atoms. The van der Waals surface area contributed by atoms with Gasteiger partial charge in [0, 0.05) is 31.5 Å². The highest BCUT2D eigenvalue weighted by Gasteiger charge is 2.11. The molecule has 1 aromatic rings. The Morgan fingerprint density at radius 1 is 1.39 bits per heavy atom. The van der Waals surface area contributed by atoms with Gasteiger partial charge in [-0.05, 0) is 30.7 Å². The summed E-state index contributed by atoms with van der Waals surface area (Å²) >= 11 is 2.05. The Balaban J connectivity index is 2.39. The van der Waals surface area contributed by atoms with Crippen molar-refractivity contribution >= 4 is 11.8 Å². The number of hydrogen-bond acceptors (Lipinski definition) is 3. The van der Waals surface area contributed by atoms with Crippen LogP contribution in [0.2, 0.25) is 0 Å². The van der Waals surface area contributed by atoms with Crippen molar-refractivity contribution in [2.45, 2.75) is 39.7 Å². The van der Waals surface area contributed by atoms with Gasteiger partial charge >= 0.3 is 0 Å². The first-order valence-electron chi connectivity index (χ1n) is 6.91. The SMILES string of the molecule is CCCNC(CSCC(C)C)Cc1ccn(C)n1. The van der Waals surface area contributed by atoms with Crippen LogP contribution in [0.3, 0.4) is 0 Å². The van der Waals surface area contributed by atoms with Crippen molar-refractivity contribution in [2.24, 2.45) is 13.0 Å². The first kappa shape index (κ1) is 15.6. The van der Waals surface area contributed by atoms with E-state index in [2.05, 4.69) is 37.3 Å². The Kier molecular flexibility index (Phi) is 7.44. The smallest absolute Gasteiger partial charge is 0.0640 e. The maximum atomic E-state index is 4.47. The largest absolute Gasteiger partial charge is 0.313 e. The minimum Gasteiger partial charge on any atom is -0.313 e. The molecule has 0 aliphatic carbocycles. The zero-order valence-electron chi connectivity index (χ0n) is 12.1. The van der Waals surface area contributed by atoms with Crippen LogP contribution in [0, 0.1) is 5.92 Å². The third-order valence-electron chi connectivity index (χ3n) is 2.68. The molecule has 0 amide bonds. The molecule has 0 aliphatic rings. The average Bonchev–Trinajstić information content (AvgIpc) is 2.71. The van der Waals surface area contributed by atoms with Crippen molar-refractivity contribution < 1.29 is 0 Å². The second-order valence-corrected chi connectivity index (χ2v) is 6.34. The van der Waals surface area contributed by atoms with E-state index in [1.54, 1.807) is 0 Å². The van der Waals surface area contributed by atoms with Crippen LogP contribution in [0.15, 0.2) is 12.3 Å². The fourth-order valence-corrected chi connectivity index (χ4v) is 2.94. The molecule has 1 N–H and O–H groups in total. The van der Waals surface area contributed by atoms with E-state index >= 15 is 0 Å². The van der Waals surface area contributed by atoms with Crippen molar-refractivity contribution in [3.8, 4) is 0 Å². The summed E-state index contributed by atoms with van der Waals surface area (Å²) in [6, 6.07) is 2.66. The van der Waals surface area contributed by atoms with Gasteiger partial charge in [0.2, 0.25) is 0 Å². The molecule has 18 heavy (non-hydrogen) atoms. The number of nitrogens with zero attached hydrogens (tertiary/aromatic N) is 2. The zero-order valence-corrected chi connectivity index (χ0v) is 13.0. The molecule has 0 spiro atoms. The van der Waals surface area contributed by atoms with Gasteiger partial charge < -0.3 is 5.32 Å². The van der Waals surface area contributed by atoms with E-state index in [0.29, 0.717) is 6.04 Å². The lowest BCUT2D eigenvalue weighted by Gasteiger charge is -2.17. The summed E-state index contributed by atoms with van der Waals surface area (Å²) < 4.78 is 1.88. The van der Waals surface area contributed by atoms with Crippen LogP contribution >= 0.6 is 11.8 Å². The number of aromatic nitrogens is 2. The predicted octanol–water partition coefficient (Wildman–Crippen LogP) is 2.72. The van der Waals surface area contributed by atoms with Gasteiger partial charge in [-0.25, -0.2) is 0 Å². The monoisotopic (exact) mass is 269 g/mol. The Labute approximate surface area is 116 Å². The molecule has 1 atom stereocenters. The Morgan fingerprint density at radius 2 is 2.17 bits per heavy atom. The van der Waals surface area contributed by atoms with Crippen LogP contribution in [0.4, 0.5) is 0 Å². The van der Waals surface area contributed by atoms with E-state index in [4.69, 9.17) is 0 Å². The van der Waals surface area contributed by atoms with Gasteiger partial charge in [-0.15, -0.1) is 0 Å². The summed E-state index contributed by atoms with van der Waals surface area (Å²) in [5, 5.41) is 8.10. The summed E-state index contributed by atoms with van der Waals surface area (Å²) in [6.45, 7) is 7.87. The summed E-state index contributed by atoms with van der Waals surface area (Å²) in [6.07, 6.45) is 4.24. The third kappa shape index (κ3) is 6.45. The lowest BCUT2D eigenvalue weighted by Crippen LogP contribution is -2.34. The predicted molar refractivity (Wildman–Crippen MR) is 81.2 cm³/mol. The average molecular weight is 269 g/mol. The molecule has 3 nitrogen and oxygen atoms in total. The lowest BCUT2D eigenvalue weighted by molar-refractivity contribution is 0.541. The van der Waals surface area contributed by atoms with Gasteiger partial charge in [-0.2, -0.15) is 16.9 Å². The van der Waals surface area contributed by atoms with E-state index < -0.39 is 0 Å². The highest BCUT2D eigenvalue weighted by atomic mass is 32.2. The molecule has 1 rings (SSSR count). The number of rotatable bonds is 9. The van der Waals surface area contributed by atoms with Crippen LogP contribution in [0.1, 0.15) is 32.9 Å². The summed E-state index contributed by atoms with van der Waals surface area (Å²) in [5.74, 6) is 3.19. The topological polar surface area (TPSA) is 29.9 Å². The van der Waals surface area contributed by atoms with Crippen LogP contribution in [0.5, 0.6) is 0 Å². The Morgan fingerprint density at radius 3 is 2.72 bits per heavy atom. The van der Waals surface area contributed by atoms with Crippen LogP contribution in [-0.2, 0) is 13.5 Å². The summed E-state index contributed by atoms with van der Waals surface area (Å²) in [7, 11) is 1.98. The number of aryl methyl sites for hydroxylation is 1. The minimum atomic E-state index is 0.545. The second kappa shape index (κ2) is 8.59. The van der Waals surface area contributed by atoms with E-state index in [0.717, 1.165) is 18.9 Å². The standard InChI is InChI=1S/C14H27N3S/c1-5-7-15-14(11-18-10-12(2)3)9-13-6-8-17(4)16-13/h6,8,12,14-15H,5,7,9-11H2,1-4H3. The summed E-state index contributed by atoms with van der Waals surface area (Å²) in [4.78, 5) is 0. The molecule has 0 fully saturated rings. The normalized spacial score (nSPS) is 13.2. The molecule has 0 saturated heterocycles. The minimum absolute atomic E-state index is 0.545. The van der Waals surface area contributed by atoms with Crippen LogP contribution < -0.4 is 5.32 Å². The van der Waals surface area contributed by atoms with Crippen molar-refractivity contribution in [3.63, 3.8) is 0 Å². The van der Waals surface area contributed by atoms with Gasteiger partial charge in [-0.1, -0.05) is 20.8 Å². The Hall–Kier alpha value is -0.480. The van der Waals surface area contributed by atoms with E-state index in [-0.39, 0.29) is 0 Å². The summed E-state index contributed by atoms with van der Waals surface area (Å²) in [5.41, 5.74) is 1.19. The fraction of sp³-hybridized carbons (Fsp3) is 0.786. The van der Waals surface area contributed by atoms with E-state index in [1.165, 1.54) is 23.6 Å². The van der Waals surface area contributed by atoms with Crippen molar-refractivity contribution in [2.75, 3.05) is 18.1 Å². The van der Waals surface area contributed by atoms with E-state index in [9.17, 15) is 0 Å². The molecule has 1 unspecified atom stereocenters. The quantitative estimate of drug-likeness (QED) is 0.747. The molecular weight excluding hydrogens is 242 g/mol. The number of hydrogen-bond donors (Lipinski definition) is 1. The van der Waals surface area contributed by atoms with Gasteiger partial charge in [0.05, 0.1) is 5.69 Å². The van der Waals surface area contributed by atoms with E-state index in [1.807, 2.05) is 29.7 Å². The van der Waals surface area contributed by atoms with Crippen LogP contribution in [0.25, 0.3) is 0 Å². The Bertz CT molecular complexity index is 323. The molecule has 4 heteroatoms. The van der Waals surface area contributed by atoms with Crippen molar-refractivity contribution in [1.29, 1.82) is 0 Å². The maximum absolute atomic E-state index is 4.47. The molecule has 0 aromatic carbocycles. The number of nitrogens with one attached hydrogen (secondary N) is 1. The molecule has 0 saturated carbocycles. The lowest BCUT2D eigenvalue weighted by atomic mass is 10.2. The second-order valence-electron chi connectivity index (χ2n) is 5.27. The fourth-order valence-electron chi connectivity index (χ4n) is 1.81. The van der Waals surface area contributed by atoms with Gasteiger partial charge in [0.25, 0.3) is 0 Å². The highest BCUT2D eigenvalue weighted by molar-refractivity contribution is 7.99. The van der Waals surface area contributed by atoms with Gasteiger partial charge in [0.15, 0.2) is 0 Å². The highest BCUT2D eigenvalue weighted by Crippen LogP contribution is 2.11. The molecule has 0 radical (unpaired) electrons. The molecule has 1 aromatic heterocycles. The molecule has 0 aliphatic heterocycles. The van der Waals surface area contributed by atoms with Crippen molar-refractivity contribution in [3.05, 3.63) is 18.0 Å². The van der Waals surface area contributed by atoms with Crippen molar-refractivity contribution in [1.82, 2.24) is 15.1 Å². The first-order chi connectivity index (χ1) is 8.61. The van der Waals surface area contributed by atoms with Crippen LogP contribution in [-0.4, -0.2) is 33.9 Å². The molecule has 1 heterocycles. The maximum Gasteiger partial charge on any atom is 0.0640 e.